The van der Waals surface area contributed by atoms with Gasteiger partial charge in [-0.15, -0.1) is 0 Å². The Balaban J connectivity index is 1.47. The number of anilines is 1. The maximum Gasteiger partial charge on any atom is 0.289 e. The molecule has 2 heterocycles. The Morgan fingerprint density at radius 2 is 1.69 bits per heavy atom. The molecule has 1 aromatic carbocycles. The number of nitrogens with zero attached hydrogens (tertiary/aromatic N) is 3. The second-order valence-corrected chi connectivity index (χ2v) is 7.41. The largest absolute Gasteiger partial charge is 0.289 e. The molecule has 4 rings (SSSR count). The van der Waals surface area contributed by atoms with E-state index < -0.39 is 5.91 Å². The molecule has 1 aliphatic carbocycles. The first-order chi connectivity index (χ1) is 14.1. The lowest BCUT2D eigenvalue weighted by atomic mass is 9.81. The van der Waals surface area contributed by atoms with Crippen LogP contribution in [0, 0.1) is 11.8 Å². The van der Waals surface area contributed by atoms with Crippen LogP contribution in [0.25, 0.3) is 0 Å². The standard InChI is InChI=1S/C22H22N4O3/c1-14(24-25-20(27)19-8-4-5-13-23-19)15-9-11-16(12-10-15)26-21(28)17-6-2-3-7-18(17)22(26)29/h4-5,8-13,17-18H,2-3,6-7H2,1H3,(H,25,27)/b24-14-/t17-,18-/m1/s1. The molecule has 1 aromatic heterocycles. The van der Waals surface area contributed by atoms with Gasteiger partial charge in [0.1, 0.15) is 5.69 Å². The summed E-state index contributed by atoms with van der Waals surface area (Å²) in [6.07, 6.45) is 5.15. The minimum atomic E-state index is -0.391. The van der Waals surface area contributed by atoms with Crippen molar-refractivity contribution in [3.63, 3.8) is 0 Å². The van der Waals surface area contributed by atoms with Crippen LogP contribution in [0.5, 0.6) is 0 Å². The molecule has 29 heavy (non-hydrogen) atoms. The average Bonchev–Trinajstić information content (AvgIpc) is 3.03. The summed E-state index contributed by atoms with van der Waals surface area (Å²) in [5.41, 5.74) is 4.74. The Morgan fingerprint density at radius 3 is 2.28 bits per heavy atom. The van der Waals surface area contributed by atoms with Crippen molar-refractivity contribution in [3.8, 4) is 0 Å². The van der Waals surface area contributed by atoms with E-state index in [4.69, 9.17) is 0 Å². The number of aromatic nitrogens is 1. The van der Waals surface area contributed by atoms with E-state index in [1.807, 2.05) is 0 Å². The van der Waals surface area contributed by atoms with Gasteiger partial charge in [-0.25, -0.2) is 5.43 Å². The van der Waals surface area contributed by atoms with Crippen LogP contribution in [0.3, 0.4) is 0 Å². The second kappa shape index (κ2) is 7.95. The molecular weight excluding hydrogens is 368 g/mol. The highest BCUT2D eigenvalue weighted by Gasteiger charge is 2.48. The first-order valence-corrected chi connectivity index (χ1v) is 9.80. The molecule has 7 heteroatoms. The lowest BCUT2D eigenvalue weighted by Crippen LogP contribution is -2.30. The summed E-state index contributed by atoms with van der Waals surface area (Å²) < 4.78 is 0. The number of carbonyl (C=O) groups is 3. The third kappa shape index (κ3) is 3.68. The summed E-state index contributed by atoms with van der Waals surface area (Å²) in [7, 11) is 0. The number of amides is 3. The zero-order valence-corrected chi connectivity index (χ0v) is 16.2. The van der Waals surface area contributed by atoms with Crippen LogP contribution in [0.4, 0.5) is 5.69 Å². The van der Waals surface area contributed by atoms with Crippen LogP contribution in [-0.4, -0.2) is 28.4 Å². The molecule has 1 N–H and O–H groups in total. The summed E-state index contributed by atoms with van der Waals surface area (Å²) >= 11 is 0. The number of hydrogen-bond donors (Lipinski definition) is 1. The number of benzene rings is 1. The molecule has 1 saturated carbocycles. The number of imide groups is 1. The van der Waals surface area contributed by atoms with Gasteiger partial charge in [0.25, 0.3) is 5.91 Å². The normalized spacial score (nSPS) is 21.8. The lowest BCUT2D eigenvalue weighted by Gasteiger charge is -2.19. The predicted octanol–water partition coefficient (Wildman–Crippen LogP) is 2.92. The van der Waals surface area contributed by atoms with Crippen molar-refractivity contribution < 1.29 is 14.4 Å². The third-order valence-electron chi connectivity index (χ3n) is 5.61. The Morgan fingerprint density at radius 1 is 1.03 bits per heavy atom. The number of hydrazone groups is 1. The van der Waals surface area contributed by atoms with E-state index in [9.17, 15) is 14.4 Å². The molecule has 0 spiro atoms. The van der Waals surface area contributed by atoms with Gasteiger partial charge in [0.2, 0.25) is 11.8 Å². The van der Waals surface area contributed by atoms with Gasteiger partial charge < -0.3 is 0 Å². The zero-order valence-electron chi connectivity index (χ0n) is 16.2. The Kier molecular flexibility index (Phi) is 5.20. The van der Waals surface area contributed by atoms with Crippen LogP contribution in [-0.2, 0) is 9.59 Å². The van der Waals surface area contributed by atoms with Gasteiger partial charge in [-0.1, -0.05) is 31.0 Å². The number of rotatable bonds is 4. The van der Waals surface area contributed by atoms with Gasteiger partial charge in [-0.05, 0) is 49.6 Å². The van der Waals surface area contributed by atoms with Crippen LogP contribution < -0.4 is 10.3 Å². The minimum absolute atomic E-state index is 0.0829. The van der Waals surface area contributed by atoms with Crippen LogP contribution in [0.15, 0.2) is 53.8 Å². The number of nitrogens with one attached hydrogen (secondary N) is 1. The van der Waals surface area contributed by atoms with E-state index in [1.165, 1.54) is 4.90 Å². The van der Waals surface area contributed by atoms with E-state index in [0.29, 0.717) is 11.4 Å². The van der Waals surface area contributed by atoms with Crippen molar-refractivity contribution in [2.24, 2.45) is 16.9 Å². The maximum atomic E-state index is 12.7. The second-order valence-electron chi connectivity index (χ2n) is 7.41. The molecule has 148 valence electrons. The third-order valence-corrected chi connectivity index (χ3v) is 5.61. The molecule has 2 fully saturated rings. The fourth-order valence-electron chi connectivity index (χ4n) is 4.02. The monoisotopic (exact) mass is 390 g/mol. The molecule has 0 unspecified atom stereocenters. The Bertz CT molecular complexity index is 945. The molecule has 2 aromatic rings. The van der Waals surface area contributed by atoms with Gasteiger partial charge in [0, 0.05) is 6.20 Å². The first kappa shape index (κ1) is 19.0. The molecule has 3 amide bonds. The fourth-order valence-corrected chi connectivity index (χ4v) is 4.02. The van der Waals surface area contributed by atoms with Gasteiger partial charge in [0.05, 0.1) is 23.2 Å². The summed E-state index contributed by atoms with van der Waals surface area (Å²) in [5.74, 6) is -0.888. The highest BCUT2D eigenvalue weighted by atomic mass is 16.2. The minimum Gasteiger partial charge on any atom is -0.274 e. The van der Waals surface area contributed by atoms with Gasteiger partial charge in [0.15, 0.2) is 0 Å². The molecule has 2 aliphatic rings. The average molecular weight is 390 g/mol. The van der Waals surface area contributed by atoms with Crippen molar-refractivity contribution in [1.82, 2.24) is 10.4 Å². The van der Waals surface area contributed by atoms with Crippen LogP contribution >= 0.6 is 0 Å². The zero-order chi connectivity index (χ0) is 20.4. The SMILES string of the molecule is C/C(=N/NC(=O)c1ccccn1)c1ccc(N2C(=O)[C@@H]3CCCC[C@H]3C2=O)cc1. The lowest BCUT2D eigenvalue weighted by molar-refractivity contribution is -0.122. The molecule has 1 saturated heterocycles. The van der Waals surface area contributed by atoms with E-state index in [-0.39, 0.29) is 29.3 Å². The van der Waals surface area contributed by atoms with Gasteiger partial charge in [-0.3, -0.25) is 24.3 Å². The van der Waals surface area contributed by atoms with E-state index in [1.54, 1.807) is 55.6 Å². The molecular formula is C22H22N4O3. The highest BCUT2D eigenvalue weighted by molar-refractivity contribution is 6.22. The predicted molar refractivity (Wildman–Crippen MR) is 108 cm³/mol. The van der Waals surface area contributed by atoms with Crippen molar-refractivity contribution in [2.75, 3.05) is 4.90 Å². The molecule has 7 nitrogen and oxygen atoms in total. The number of carbonyl (C=O) groups excluding carboxylic acids is 3. The van der Waals surface area contributed by atoms with Gasteiger partial charge in [-0.2, -0.15) is 5.10 Å². The summed E-state index contributed by atoms with van der Waals surface area (Å²) in [6.45, 7) is 1.77. The first-order valence-electron chi connectivity index (χ1n) is 9.80. The quantitative estimate of drug-likeness (QED) is 0.494. The summed E-state index contributed by atoms with van der Waals surface area (Å²) in [6, 6.07) is 12.2. The van der Waals surface area contributed by atoms with Crippen LogP contribution in [0.1, 0.15) is 48.7 Å². The van der Waals surface area contributed by atoms with E-state index in [0.717, 1.165) is 31.2 Å². The van der Waals surface area contributed by atoms with Crippen molar-refractivity contribution >= 4 is 29.1 Å². The van der Waals surface area contributed by atoms with Crippen molar-refractivity contribution in [2.45, 2.75) is 32.6 Å². The Hall–Kier alpha value is -3.35. The molecule has 0 radical (unpaired) electrons. The van der Waals surface area contributed by atoms with Crippen LogP contribution in [0.2, 0.25) is 0 Å². The van der Waals surface area contributed by atoms with Gasteiger partial charge >= 0.3 is 0 Å². The summed E-state index contributed by atoms with van der Waals surface area (Å²) in [5, 5.41) is 4.12. The number of fused-ring (bicyclic) bond motifs is 1. The number of pyridine rings is 1. The van der Waals surface area contributed by atoms with Crippen molar-refractivity contribution in [3.05, 3.63) is 59.9 Å². The fraction of sp³-hybridized carbons (Fsp3) is 0.318. The maximum absolute atomic E-state index is 12.7. The number of hydrogen-bond acceptors (Lipinski definition) is 5. The smallest absolute Gasteiger partial charge is 0.274 e. The Labute approximate surface area is 168 Å². The topological polar surface area (TPSA) is 91.7 Å². The molecule has 0 bridgehead atoms. The highest BCUT2D eigenvalue weighted by Crippen LogP contribution is 2.40. The molecule has 1 aliphatic heterocycles. The summed E-state index contributed by atoms with van der Waals surface area (Å²) in [4.78, 5) is 42.8. The van der Waals surface area contributed by atoms with E-state index >= 15 is 0 Å². The molecule has 2 atom stereocenters. The van der Waals surface area contributed by atoms with E-state index in [2.05, 4.69) is 15.5 Å². The van der Waals surface area contributed by atoms with Crippen molar-refractivity contribution in [1.29, 1.82) is 0 Å².